The third-order valence-corrected chi connectivity index (χ3v) is 4.67. The molecule has 0 aromatic carbocycles. The second kappa shape index (κ2) is 4.30. The number of hydrogen-bond donors (Lipinski definition) is 1. The van der Waals surface area contributed by atoms with Gasteiger partial charge in [0.05, 0.1) is 0 Å². The highest BCUT2D eigenvalue weighted by atomic mass is 15.3. The lowest BCUT2D eigenvalue weighted by Gasteiger charge is -2.52. The molecule has 16 heavy (non-hydrogen) atoms. The third kappa shape index (κ3) is 2.28. The van der Waals surface area contributed by atoms with Gasteiger partial charge < -0.3 is 5.32 Å². The van der Waals surface area contributed by atoms with Crippen LogP contribution in [0.5, 0.6) is 0 Å². The van der Waals surface area contributed by atoms with Crippen LogP contribution in [0.3, 0.4) is 0 Å². The molecule has 0 amide bonds. The lowest BCUT2D eigenvalue weighted by Crippen LogP contribution is -2.66. The lowest BCUT2D eigenvalue weighted by molar-refractivity contribution is 0.00172. The lowest BCUT2D eigenvalue weighted by atomic mass is 9.88. The second-order valence-corrected chi connectivity index (χ2v) is 6.66. The van der Waals surface area contributed by atoms with E-state index in [1.54, 1.807) is 0 Å². The van der Waals surface area contributed by atoms with Gasteiger partial charge in [-0.05, 0) is 40.0 Å². The summed E-state index contributed by atoms with van der Waals surface area (Å²) in [6, 6.07) is 0.746. The summed E-state index contributed by atoms with van der Waals surface area (Å²) in [5, 5.41) is 3.69. The summed E-state index contributed by atoms with van der Waals surface area (Å²) in [5.74, 6) is 0. The van der Waals surface area contributed by atoms with Crippen LogP contribution in [0.15, 0.2) is 0 Å². The molecular weight excluding hydrogens is 196 g/mol. The van der Waals surface area contributed by atoms with Crippen molar-refractivity contribution >= 4 is 0 Å². The molecular formula is C14H28N2. The van der Waals surface area contributed by atoms with Crippen molar-refractivity contribution in [1.29, 1.82) is 0 Å². The van der Waals surface area contributed by atoms with E-state index in [0.717, 1.165) is 6.04 Å². The molecule has 1 unspecified atom stereocenters. The summed E-state index contributed by atoms with van der Waals surface area (Å²) < 4.78 is 0. The van der Waals surface area contributed by atoms with Gasteiger partial charge >= 0.3 is 0 Å². The van der Waals surface area contributed by atoms with E-state index in [1.807, 2.05) is 0 Å². The van der Waals surface area contributed by atoms with Crippen LogP contribution in [0.4, 0.5) is 0 Å². The Hall–Kier alpha value is -0.0800. The quantitative estimate of drug-likeness (QED) is 0.776. The number of nitrogens with one attached hydrogen (secondary N) is 1. The van der Waals surface area contributed by atoms with Crippen LogP contribution in [0.2, 0.25) is 0 Å². The normalized spacial score (nSPS) is 34.1. The van der Waals surface area contributed by atoms with E-state index >= 15 is 0 Å². The first-order valence-electron chi connectivity index (χ1n) is 6.99. The van der Waals surface area contributed by atoms with E-state index in [4.69, 9.17) is 0 Å². The van der Waals surface area contributed by atoms with Crippen molar-refractivity contribution in [2.45, 2.75) is 76.9 Å². The molecule has 94 valence electrons. The summed E-state index contributed by atoms with van der Waals surface area (Å²) in [4.78, 5) is 2.82. The van der Waals surface area contributed by atoms with Crippen LogP contribution in [0.1, 0.15) is 59.8 Å². The van der Waals surface area contributed by atoms with Crippen LogP contribution in [0, 0.1) is 0 Å². The number of piperazine rings is 1. The first-order chi connectivity index (χ1) is 7.47. The molecule has 1 N–H and O–H groups in total. The topological polar surface area (TPSA) is 15.3 Å². The first kappa shape index (κ1) is 12.4. The van der Waals surface area contributed by atoms with Gasteiger partial charge in [-0.2, -0.15) is 0 Å². The predicted octanol–water partition coefficient (Wildman–Crippen LogP) is 2.78. The minimum atomic E-state index is 0.289. The van der Waals surface area contributed by atoms with E-state index < -0.39 is 0 Å². The van der Waals surface area contributed by atoms with Crippen LogP contribution in [-0.2, 0) is 0 Å². The highest BCUT2D eigenvalue weighted by molar-refractivity contribution is 5.01. The molecule has 1 saturated heterocycles. The van der Waals surface area contributed by atoms with Gasteiger partial charge in [-0.3, -0.25) is 4.90 Å². The Morgan fingerprint density at radius 1 is 1.19 bits per heavy atom. The molecule has 2 nitrogen and oxygen atoms in total. The fraction of sp³-hybridized carbons (Fsp3) is 1.00. The molecule has 2 aliphatic rings. The maximum atomic E-state index is 3.69. The predicted molar refractivity (Wildman–Crippen MR) is 69.7 cm³/mol. The Balaban J connectivity index is 2.14. The third-order valence-electron chi connectivity index (χ3n) is 4.67. The minimum absolute atomic E-state index is 0.289. The van der Waals surface area contributed by atoms with Crippen LogP contribution in [0.25, 0.3) is 0 Å². The minimum Gasteiger partial charge on any atom is -0.309 e. The van der Waals surface area contributed by atoms with Crippen molar-refractivity contribution in [2.24, 2.45) is 0 Å². The van der Waals surface area contributed by atoms with Crippen molar-refractivity contribution in [3.8, 4) is 0 Å². The Bertz CT molecular complexity index is 241. The molecule has 1 aliphatic heterocycles. The van der Waals surface area contributed by atoms with Gasteiger partial charge in [0, 0.05) is 30.2 Å². The summed E-state index contributed by atoms with van der Waals surface area (Å²) in [5.41, 5.74) is 0.775. The van der Waals surface area contributed by atoms with Crippen molar-refractivity contribution < 1.29 is 0 Å². The molecule has 0 aromatic rings. The maximum Gasteiger partial charge on any atom is 0.0253 e. The fourth-order valence-electron chi connectivity index (χ4n) is 3.54. The molecule has 0 aromatic heterocycles. The smallest absolute Gasteiger partial charge is 0.0253 e. The van der Waals surface area contributed by atoms with Crippen LogP contribution >= 0.6 is 0 Å². The van der Waals surface area contributed by atoms with E-state index in [0.29, 0.717) is 5.54 Å². The number of rotatable bonds is 2. The van der Waals surface area contributed by atoms with Gasteiger partial charge in [-0.25, -0.2) is 0 Å². The summed E-state index contributed by atoms with van der Waals surface area (Å²) in [7, 11) is 0. The van der Waals surface area contributed by atoms with Crippen LogP contribution in [-0.4, -0.2) is 35.1 Å². The van der Waals surface area contributed by atoms with Crippen LogP contribution < -0.4 is 5.32 Å². The molecule has 1 atom stereocenters. The SMILES string of the molecule is CCC1CNC(C)(C)CN1C1(C)CCCC1. The molecule has 2 fully saturated rings. The average Bonchev–Trinajstić information content (AvgIpc) is 2.65. The molecule has 2 rings (SSSR count). The number of nitrogens with zero attached hydrogens (tertiary/aromatic N) is 1. The average molecular weight is 224 g/mol. The van der Waals surface area contributed by atoms with E-state index in [9.17, 15) is 0 Å². The molecule has 0 spiro atoms. The van der Waals surface area contributed by atoms with Gasteiger partial charge in [0.25, 0.3) is 0 Å². The molecule has 1 heterocycles. The Labute approximate surface area is 101 Å². The van der Waals surface area contributed by atoms with E-state index in [1.165, 1.54) is 45.2 Å². The molecule has 2 heteroatoms. The van der Waals surface area contributed by atoms with Gasteiger partial charge in [-0.1, -0.05) is 19.8 Å². The van der Waals surface area contributed by atoms with Crippen molar-refractivity contribution in [2.75, 3.05) is 13.1 Å². The molecule has 0 radical (unpaired) electrons. The summed E-state index contributed by atoms with van der Waals surface area (Å²) >= 11 is 0. The van der Waals surface area contributed by atoms with Crippen molar-refractivity contribution in [1.82, 2.24) is 10.2 Å². The summed E-state index contributed by atoms with van der Waals surface area (Å²) in [6.07, 6.45) is 6.94. The van der Waals surface area contributed by atoms with E-state index in [-0.39, 0.29) is 5.54 Å². The van der Waals surface area contributed by atoms with Gasteiger partial charge in [-0.15, -0.1) is 0 Å². The highest BCUT2D eigenvalue weighted by Crippen LogP contribution is 2.38. The van der Waals surface area contributed by atoms with Gasteiger partial charge in [0.2, 0.25) is 0 Å². The second-order valence-electron chi connectivity index (χ2n) is 6.66. The maximum absolute atomic E-state index is 3.69. The Morgan fingerprint density at radius 2 is 1.81 bits per heavy atom. The molecule has 1 aliphatic carbocycles. The first-order valence-corrected chi connectivity index (χ1v) is 6.99. The van der Waals surface area contributed by atoms with Gasteiger partial charge in [0.15, 0.2) is 0 Å². The molecule has 0 bridgehead atoms. The monoisotopic (exact) mass is 224 g/mol. The van der Waals surface area contributed by atoms with E-state index in [2.05, 4.69) is 37.9 Å². The van der Waals surface area contributed by atoms with Crippen molar-refractivity contribution in [3.05, 3.63) is 0 Å². The Kier molecular flexibility index (Phi) is 3.33. The van der Waals surface area contributed by atoms with Crippen molar-refractivity contribution in [3.63, 3.8) is 0 Å². The van der Waals surface area contributed by atoms with Gasteiger partial charge in [0.1, 0.15) is 0 Å². The standard InChI is InChI=1S/C14H28N2/c1-5-12-10-15-13(2,3)11-16(12)14(4)8-6-7-9-14/h12,15H,5-11H2,1-4H3. The largest absolute Gasteiger partial charge is 0.309 e. The molecule has 1 saturated carbocycles. The zero-order valence-corrected chi connectivity index (χ0v) is 11.5. The Morgan fingerprint density at radius 3 is 2.38 bits per heavy atom. The highest BCUT2D eigenvalue weighted by Gasteiger charge is 2.43. The zero-order chi connectivity index (χ0) is 11.8. The number of hydrogen-bond acceptors (Lipinski definition) is 2. The zero-order valence-electron chi connectivity index (χ0n) is 11.5. The summed E-state index contributed by atoms with van der Waals surface area (Å²) in [6.45, 7) is 11.9. The fourth-order valence-corrected chi connectivity index (χ4v) is 3.54.